The molecule has 13 aromatic rings. The molecule has 0 aliphatic rings. The lowest BCUT2D eigenvalue weighted by molar-refractivity contribution is 0.986. The third kappa shape index (κ3) is 4.37. The fourth-order valence-corrected chi connectivity index (χ4v) is 9.67. The first kappa shape index (κ1) is 30.7. The highest BCUT2D eigenvalue weighted by Gasteiger charge is 2.22. The van der Waals surface area contributed by atoms with Crippen LogP contribution in [0.2, 0.25) is 0 Å². The number of hydrogen-bond donors (Lipinski definition) is 0. The number of nitrogens with zero attached hydrogens (tertiary/aromatic N) is 8. The van der Waals surface area contributed by atoms with Crippen molar-refractivity contribution in [1.82, 2.24) is 37.9 Å². The summed E-state index contributed by atoms with van der Waals surface area (Å²) in [5, 5.41) is 1.14. The van der Waals surface area contributed by atoms with E-state index in [1.54, 1.807) is 11.3 Å². The highest BCUT2D eigenvalue weighted by molar-refractivity contribution is 7.25. The standard InChI is InChI=1S/C48H28N8S/c1-2-10-29(11-3-1)30-18-22-33(23-19-30)53-39-24-20-31(26-41(39)54-37-15-7-5-13-35(37)50-47(53)54)32-21-25-40-42(27-32)55-38-16-8-6-14-36(38)51-48(55)56(40)46-49-28-44-45(52-46)34-12-4-9-17-43(34)57-44/h1-28H. The highest BCUT2D eigenvalue weighted by Crippen LogP contribution is 2.37. The summed E-state index contributed by atoms with van der Waals surface area (Å²) in [5.41, 5.74) is 14.8. The second kappa shape index (κ2) is 11.5. The van der Waals surface area contributed by atoms with E-state index < -0.39 is 0 Å². The van der Waals surface area contributed by atoms with Gasteiger partial charge in [0, 0.05) is 15.8 Å². The van der Waals surface area contributed by atoms with Gasteiger partial charge in [0.15, 0.2) is 0 Å². The number of hydrogen-bond acceptors (Lipinski definition) is 5. The first-order chi connectivity index (χ1) is 28.2. The van der Waals surface area contributed by atoms with E-state index in [1.165, 1.54) is 15.8 Å². The summed E-state index contributed by atoms with van der Waals surface area (Å²) in [6, 6.07) is 57.7. The maximum Gasteiger partial charge on any atom is 0.237 e. The number of benzene rings is 7. The summed E-state index contributed by atoms with van der Waals surface area (Å²) in [7, 11) is 0. The van der Waals surface area contributed by atoms with Crippen LogP contribution in [0, 0.1) is 0 Å². The maximum atomic E-state index is 5.19. The lowest BCUT2D eigenvalue weighted by Gasteiger charge is -2.09. The van der Waals surface area contributed by atoms with Gasteiger partial charge in [0.25, 0.3) is 0 Å². The van der Waals surface area contributed by atoms with Crippen molar-refractivity contribution in [2.75, 3.05) is 0 Å². The number of fused-ring (bicyclic) bond motifs is 13. The minimum Gasteiger partial charge on any atom is -0.278 e. The Hall–Kier alpha value is -7.62. The van der Waals surface area contributed by atoms with Crippen LogP contribution in [0.5, 0.6) is 0 Å². The van der Waals surface area contributed by atoms with Gasteiger partial charge in [-0.15, -0.1) is 11.3 Å². The van der Waals surface area contributed by atoms with Gasteiger partial charge in [-0.3, -0.25) is 13.4 Å². The third-order valence-corrected chi connectivity index (χ3v) is 12.4. The van der Waals surface area contributed by atoms with E-state index in [2.05, 4.69) is 176 Å². The van der Waals surface area contributed by atoms with Crippen LogP contribution in [-0.2, 0) is 0 Å². The molecule has 6 heterocycles. The zero-order chi connectivity index (χ0) is 37.2. The van der Waals surface area contributed by atoms with Crippen molar-refractivity contribution in [3.05, 3.63) is 170 Å². The fraction of sp³-hybridized carbons (Fsp3) is 0. The Labute approximate surface area is 327 Å². The molecule has 0 aliphatic carbocycles. The Kier molecular flexibility index (Phi) is 6.16. The second-order valence-electron chi connectivity index (χ2n) is 14.4. The Morgan fingerprint density at radius 1 is 0.404 bits per heavy atom. The van der Waals surface area contributed by atoms with Gasteiger partial charge >= 0.3 is 0 Å². The first-order valence-electron chi connectivity index (χ1n) is 18.9. The van der Waals surface area contributed by atoms with E-state index >= 15 is 0 Å². The number of para-hydroxylation sites is 4. The average molecular weight is 749 g/mol. The number of imidazole rings is 4. The smallest absolute Gasteiger partial charge is 0.237 e. The van der Waals surface area contributed by atoms with Gasteiger partial charge in [0.1, 0.15) is 0 Å². The van der Waals surface area contributed by atoms with Crippen molar-refractivity contribution in [2.45, 2.75) is 0 Å². The zero-order valence-electron chi connectivity index (χ0n) is 30.2. The fourth-order valence-electron chi connectivity index (χ4n) is 8.65. The average Bonchev–Trinajstić information content (AvgIpc) is 4.07. The normalized spacial score (nSPS) is 12.2. The van der Waals surface area contributed by atoms with Gasteiger partial charge < -0.3 is 0 Å². The molecule has 0 unspecified atom stereocenters. The Bertz CT molecular complexity index is 3750. The van der Waals surface area contributed by atoms with E-state index in [-0.39, 0.29) is 0 Å². The molecule has 0 amide bonds. The van der Waals surface area contributed by atoms with Crippen LogP contribution in [0.3, 0.4) is 0 Å². The molecule has 0 fully saturated rings. The topological polar surface area (TPSA) is 70.2 Å². The van der Waals surface area contributed by atoms with Gasteiger partial charge in [0.2, 0.25) is 17.5 Å². The minimum absolute atomic E-state index is 0.600. The van der Waals surface area contributed by atoms with Crippen molar-refractivity contribution >= 4 is 87.3 Å². The van der Waals surface area contributed by atoms with Crippen molar-refractivity contribution in [1.29, 1.82) is 0 Å². The summed E-state index contributed by atoms with van der Waals surface area (Å²) in [5.74, 6) is 2.26. The lowest BCUT2D eigenvalue weighted by Crippen LogP contribution is -2.01. The zero-order valence-corrected chi connectivity index (χ0v) is 31.0. The van der Waals surface area contributed by atoms with E-state index in [1.807, 2.05) is 12.3 Å². The summed E-state index contributed by atoms with van der Waals surface area (Å²) < 4.78 is 11.2. The SMILES string of the molecule is c1ccc(-c2ccc(-n3c4ccc(-c5ccc6c(c5)n5c7ccccc7nc5n6-c5ncc6sc7ccccc7c6n5)cc4n4c5ccccc5nc34)cc2)cc1. The van der Waals surface area contributed by atoms with Gasteiger partial charge in [-0.2, -0.15) is 0 Å². The van der Waals surface area contributed by atoms with Gasteiger partial charge in [-0.1, -0.05) is 97.1 Å². The second-order valence-corrected chi connectivity index (χ2v) is 15.5. The molecule has 7 aromatic carbocycles. The van der Waals surface area contributed by atoms with Crippen molar-refractivity contribution in [3.8, 4) is 33.9 Å². The number of rotatable bonds is 4. The van der Waals surface area contributed by atoms with Gasteiger partial charge in [-0.05, 0) is 89.0 Å². The quantitative estimate of drug-likeness (QED) is 0.180. The molecule has 8 nitrogen and oxygen atoms in total. The minimum atomic E-state index is 0.600. The Morgan fingerprint density at radius 2 is 0.965 bits per heavy atom. The molecule has 13 rings (SSSR count). The van der Waals surface area contributed by atoms with Crippen LogP contribution in [0.1, 0.15) is 0 Å². The summed E-state index contributed by atoms with van der Waals surface area (Å²) in [6.07, 6.45) is 1.95. The van der Waals surface area contributed by atoms with Crippen molar-refractivity contribution in [3.63, 3.8) is 0 Å². The van der Waals surface area contributed by atoms with Crippen LogP contribution in [0.4, 0.5) is 0 Å². The van der Waals surface area contributed by atoms with Crippen LogP contribution in [-0.4, -0.2) is 37.9 Å². The molecule has 9 heteroatoms. The molecule has 0 spiro atoms. The largest absolute Gasteiger partial charge is 0.278 e. The molecule has 0 saturated heterocycles. The maximum absolute atomic E-state index is 5.19. The molecule has 0 atom stereocenters. The molecule has 57 heavy (non-hydrogen) atoms. The molecule has 0 bridgehead atoms. The van der Waals surface area contributed by atoms with Crippen LogP contribution in [0.25, 0.3) is 110 Å². The predicted molar refractivity (Wildman–Crippen MR) is 232 cm³/mol. The molecular formula is C48H28N8S. The van der Waals surface area contributed by atoms with Crippen LogP contribution < -0.4 is 0 Å². The molecule has 0 aliphatic heterocycles. The molecule has 0 saturated carbocycles. The molecule has 0 radical (unpaired) electrons. The molecule has 0 N–H and O–H groups in total. The monoisotopic (exact) mass is 748 g/mol. The van der Waals surface area contributed by atoms with Crippen molar-refractivity contribution in [2.24, 2.45) is 0 Å². The number of thiophene rings is 1. The van der Waals surface area contributed by atoms with Gasteiger partial charge in [-0.25, -0.2) is 24.5 Å². The summed E-state index contributed by atoms with van der Waals surface area (Å²) in [4.78, 5) is 20.4. The highest BCUT2D eigenvalue weighted by atomic mass is 32.1. The Morgan fingerprint density at radius 3 is 1.67 bits per heavy atom. The van der Waals surface area contributed by atoms with Crippen molar-refractivity contribution < 1.29 is 0 Å². The molecule has 6 aromatic heterocycles. The summed E-state index contributed by atoms with van der Waals surface area (Å²) >= 11 is 1.72. The molecular weight excluding hydrogens is 721 g/mol. The summed E-state index contributed by atoms with van der Waals surface area (Å²) in [6.45, 7) is 0. The molecule has 266 valence electrons. The van der Waals surface area contributed by atoms with E-state index in [0.717, 1.165) is 88.1 Å². The first-order valence-corrected chi connectivity index (χ1v) is 19.7. The van der Waals surface area contributed by atoms with Crippen LogP contribution >= 0.6 is 11.3 Å². The predicted octanol–water partition coefficient (Wildman–Crippen LogP) is 11.7. The lowest BCUT2D eigenvalue weighted by atomic mass is 10.0. The van der Waals surface area contributed by atoms with E-state index in [4.69, 9.17) is 19.9 Å². The number of aromatic nitrogens is 8. The van der Waals surface area contributed by atoms with E-state index in [9.17, 15) is 0 Å². The van der Waals surface area contributed by atoms with E-state index in [0.29, 0.717) is 5.95 Å². The third-order valence-electron chi connectivity index (χ3n) is 11.3. The van der Waals surface area contributed by atoms with Gasteiger partial charge in [0.05, 0.1) is 60.5 Å². The van der Waals surface area contributed by atoms with Crippen LogP contribution in [0.15, 0.2) is 170 Å². The Balaban J connectivity index is 1.02.